The Bertz CT molecular complexity index is 870. The standard InChI is InChI=1S/C24H31ClO9Se/c1-13-18(33-19(28)12-25)10-11-20(29-13)34-22-21(31-15(3)26)14(2)30-24(32-16(4)27)23(22)35-17-8-6-5-7-9-17/h5-9,13-14,18,20-24H,10-12H2,1-4H3/t13-,14+,18-,20-,21+,22-,23+,24?/m0/s1. The van der Waals surface area contributed by atoms with E-state index < -0.39 is 65.8 Å². The van der Waals surface area contributed by atoms with Crippen molar-refractivity contribution in [2.24, 2.45) is 0 Å². The molecule has 2 fully saturated rings. The number of carbonyl (C=O) groups excluding carboxylic acids is 3. The number of rotatable bonds is 8. The summed E-state index contributed by atoms with van der Waals surface area (Å²) in [6.45, 7) is 6.19. The second-order valence-corrected chi connectivity index (χ2v) is 11.3. The van der Waals surface area contributed by atoms with Gasteiger partial charge >= 0.3 is 216 Å². The topological polar surface area (TPSA) is 107 Å². The van der Waals surface area contributed by atoms with E-state index in [0.717, 1.165) is 4.46 Å². The minimum atomic E-state index is -0.877. The zero-order chi connectivity index (χ0) is 25.5. The summed E-state index contributed by atoms with van der Waals surface area (Å²) in [6, 6.07) is 9.74. The van der Waals surface area contributed by atoms with E-state index in [2.05, 4.69) is 0 Å². The van der Waals surface area contributed by atoms with E-state index >= 15 is 0 Å². The van der Waals surface area contributed by atoms with Gasteiger partial charge in [0.2, 0.25) is 0 Å². The molecule has 0 radical (unpaired) electrons. The number of ether oxygens (including phenoxy) is 6. The number of alkyl halides is 1. The number of halogens is 1. The summed E-state index contributed by atoms with van der Waals surface area (Å²) < 4.78 is 36.0. The first-order valence-electron chi connectivity index (χ1n) is 11.5. The Morgan fingerprint density at radius 3 is 2.23 bits per heavy atom. The number of hydrogen-bond donors (Lipinski definition) is 0. The molecular formula is C24H31ClO9Se. The van der Waals surface area contributed by atoms with E-state index in [1.54, 1.807) is 13.8 Å². The van der Waals surface area contributed by atoms with Crippen molar-refractivity contribution in [1.82, 2.24) is 0 Å². The van der Waals surface area contributed by atoms with E-state index in [9.17, 15) is 14.4 Å². The zero-order valence-electron chi connectivity index (χ0n) is 20.1. The monoisotopic (exact) mass is 578 g/mol. The summed E-state index contributed by atoms with van der Waals surface area (Å²) >= 11 is 5.29. The fraction of sp³-hybridized carbons (Fsp3) is 0.625. The van der Waals surface area contributed by atoms with Crippen LogP contribution in [0.25, 0.3) is 0 Å². The maximum absolute atomic E-state index is 11.9. The van der Waals surface area contributed by atoms with Crippen LogP contribution < -0.4 is 4.46 Å². The van der Waals surface area contributed by atoms with Gasteiger partial charge in [-0.1, -0.05) is 0 Å². The first-order chi connectivity index (χ1) is 16.7. The molecule has 2 aliphatic rings. The molecule has 11 heteroatoms. The van der Waals surface area contributed by atoms with E-state index in [-0.39, 0.29) is 20.8 Å². The summed E-state index contributed by atoms with van der Waals surface area (Å²) in [4.78, 5) is 35.0. The molecule has 0 spiro atoms. The normalized spacial score (nSPS) is 32.9. The predicted molar refractivity (Wildman–Crippen MR) is 126 cm³/mol. The van der Waals surface area contributed by atoms with Crippen LogP contribution in [0.3, 0.4) is 0 Å². The van der Waals surface area contributed by atoms with Crippen molar-refractivity contribution in [3.63, 3.8) is 0 Å². The molecule has 0 amide bonds. The summed E-state index contributed by atoms with van der Waals surface area (Å²) in [6.07, 6.45) is -3.39. The molecule has 1 aromatic rings. The van der Waals surface area contributed by atoms with Crippen LogP contribution in [-0.4, -0.2) is 81.8 Å². The van der Waals surface area contributed by atoms with Crippen LogP contribution in [0.5, 0.6) is 0 Å². The third-order valence-corrected chi connectivity index (χ3v) is 8.56. The van der Waals surface area contributed by atoms with Crippen molar-refractivity contribution >= 4 is 48.9 Å². The predicted octanol–water partition coefficient (Wildman–Crippen LogP) is 2.10. The van der Waals surface area contributed by atoms with E-state index in [0.29, 0.717) is 12.8 Å². The van der Waals surface area contributed by atoms with Gasteiger partial charge in [0.25, 0.3) is 0 Å². The number of benzene rings is 1. The average Bonchev–Trinajstić information content (AvgIpc) is 2.80. The van der Waals surface area contributed by atoms with Crippen molar-refractivity contribution in [3.05, 3.63) is 30.3 Å². The van der Waals surface area contributed by atoms with E-state index in [1.807, 2.05) is 30.3 Å². The first-order valence-corrected chi connectivity index (χ1v) is 13.8. The fourth-order valence-electron chi connectivity index (χ4n) is 4.08. The van der Waals surface area contributed by atoms with Crippen LogP contribution in [0.2, 0.25) is 4.82 Å². The van der Waals surface area contributed by atoms with E-state index in [1.165, 1.54) is 13.8 Å². The summed E-state index contributed by atoms with van der Waals surface area (Å²) in [5, 5.41) is 0. The number of hydrogen-bond acceptors (Lipinski definition) is 9. The molecule has 35 heavy (non-hydrogen) atoms. The van der Waals surface area contributed by atoms with Crippen LogP contribution in [0.4, 0.5) is 0 Å². The molecule has 9 nitrogen and oxygen atoms in total. The van der Waals surface area contributed by atoms with Crippen LogP contribution in [-0.2, 0) is 42.8 Å². The van der Waals surface area contributed by atoms with Crippen molar-refractivity contribution < 1.29 is 42.8 Å². The Kier molecular flexibility index (Phi) is 10.4. The van der Waals surface area contributed by atoms with Gasteiger partial charge in [0, 0.05) is 0 Å². The minimum absolute atomic E-state index is 0.228. The molecular weight excluding hydrogens is 547 g/mol. The van der Waals surface area contributed by atoms with E-state index in [4.69, 9.17) is 40.0 Å². The van der Waals surface area contributed by atoms with Gasteiger partial charge < -0.3 is 0 Å². The molecule has 0 N–H and O–H groups in total. The number of esters is 3. The van der Waals surface area contributed by atoms with Gasteiger partial charge in [-0.3, -0.25) is 0 Å². The maximum atomic E-state index is 11.9. The Balaban J connectivity index is 1.84. The Hall–Kier alpha value is -1.68. The Labute approximate surface area is 216 Å². The van der Waals surface area contributed by atoms with Gasteiger partial charge in [0.15, 0.2) is 0 Å². The fourth-order valence-corrected chi connectivity index (χ4v) is 6.69. The SMILES string of the molecule is CC(=O)OC1O[C@H](C)[C@@H](OC(C)=O)[C@H](O[C@H]2CC[C@H](OC(=O)CCl)[C@H](C)O2)[C@H]1[Se]c1ccccc1. The van der Waals surface area contributed by atoms with Gasteiger partial charge in [-0.15, -0.1) is 0 Å². The van der Waals surface area contributed by atoms with Gasteiger partial charge in [0.1, 0.15) is 0 Å². The van der Waals surface area contributed by atoms with Crippen LogP contribution in [0.1, 0.15) is 40.5 Å². The Morgan fingerprint density at radius 2 is 1.63 bits per heavy atom. The second kappa shape index (κ2) is 13.0. The molecule has 2 saturated heterocycles. The molecule has 1 aromatic carbocycles. The Morgan fingerprint density at radius 1 is 0.943 bits per heavy atom. The van der Waals surface area contributed by atoms with Gasteiger partial charge in [-0.25, -0.2) is 0 Å². The van der Waals surface area contributed by atoms with Gasteiger partial charge in [-0.05, 0) is 0 Å². The molecule has 0 aliphatic carbocycles. The molecule has 3 rings (SSSR count). The van der Waals surface area contributed by atoms with Crippen molar-refractivity contribution in [2.45, 2.75) is 88.5 Å². The molecule has 0 aromatic heterocycles. The molecule has 0 bridgehead atoms. The molecule has 1 unspecified atom stereocenters. The van der Waals surface area contributed by atoms with Crippen molar-refractivity contribution in [2.75, 3.05) is 5.88 Å². The van der Waals surface area contributed by atoms with Crippen molar-refractivity contribution in [3.8, 4) is 0 Å². The third kappa shape index (κ3) is 7.90. The number of carbonyl (C=O) groups is 3. The average molecular weight is 578 g/mol. The van der Waals surface area contributed by atoms with Crippen LogP contribution in [0, 0.1) is 0 Å². The molecule has 2 aliphatic heterocycles. The van der Waals surface area contributed by atoms with Crippen molar-refractivity contribution in [1.29, 1.82) is 0 Å². The molecule has 194 valence electrons. The van der Waals surface area contributed by atoms with Crippen LogP contribution in [0.15, 0.2) is 30.3 Å². The third-order valence-electron chi connectivity index (χ3n) is 5.60. The summed E-state index contributed by atoms with van der Waals surface area (Å²) in [7, 11) is 0. The second-order valence-electron chi connectivity index (χ2n) is 8.40. The molecule has 8 atom stereocenters. The zero-order valence-corrected chi connectivity index (χ0v) is 22.6. The summed E-state index contributed by atoms with van der Waals surface area (Å²) in [5.74, 6) is -1.68. The molecule has 2 heterocycles. The molecule has 0 saturated carbocycles. The van der Waals surface area contributed by atoms with Gasteiger partial charge in [0.05, 0.1) is 0 Å². The first kappa shape index (κ1) is 27.9. The van der Waals surface area contributed by atoms with Crippen LogP contribution >= 0.6 is 11.6 Å². The van der Waals surface area contributed by atoms with Gasteiger partial charge in [-0.2, -0.15) is 0 Å². The summed E-state index contributed by atoms with van der Waals surface area (Å²) in [5.41, 5.74) is 0. The quantitative estimate of drug-likeness (QED) is 0.199.